The van der Waals surface area contributed by atoms with Gasteiger partial charge in [0.1, 0.15) is 5.69 Å². The summed E-state index contributed by atoms with van der Waals surface area (Å²) < 4.78 is 1.98. The highest BCUT2D eigenvalue weighted by atomic mass is 16.1. The van der Waals surface area contributed by atoms with Crippen LogP contribution in [0.5, 0.6) is 0 Å². The topological polar surface area (TPSA) is 59.8 Å². The second kappa shape index (κ2) is 5.79. The molecule has 17 heavy (non-hydrogen) atoms. The first-order valence-electron chi connectivity index (χ1n) is 5.51. The SMILES string of the molecule is O=C(NCCCn1ccnc1)c1ccccn1. The average molecular weight is 230 g/mol. The number of imidazole rings is 1. The standard InChI is InChI=1S/C12H14N4O/c17-12(11-4-1-2-5-14-11)15-6-3-8-16-9-7-13-10-16/h1-2,4-5,7,9-10H,3,6,8H2,(H,15,17). The van der Waals surface area contributed by atoms with E-state index in [4.69, 9.17) is 0 Å². The Labute approximate surface area is 99.5 Å². The van der Waals surface area contributed by atoms with Crippen molar-refractivity contribution in [1.29, 1.82) is 0 Å². The monoisotopic (exact) mass is 230 g/mol. The fraction of sp³-hybridized carbons (Fsp3) is 0.250. The maximum atomic E-state index is 11.6. The lowest BCUT2D eigenvalue weighted by atomic mass is 10.3. The molecule has 5 heteroatoms. The van der Waals surface area contributed by atoms with Crippen molar-refractivity contribution in [1.82, 2.24) is 19.9 Å². The van der Waals surface area contributed by atoms with Crippen LogP contribution in [0.25, 0.3) is 0 Å². The number of aromatic nitrogens is 3. The van der Waals surface area contributed by atoms with Gasteiger partial charge in [-0.05, 0) is 18.6 Å². The zero-order valence-corrected chi connectivity index (χ0v) is 9.41. The second-order valence-electron chi connectivity index (χ2n) is 3.62. The molecular formula is C12H14N4O. The van der Waals surface area contributed by atoms with Crippen LogP contribution in [-0.2, 0) is 6.54 Å². The van der Waals surface area contributed by atoms with Gasteiger partial charge in [0.05, 0.1) is 6.33 Å². The zero-order valence-electron chi connectivity index (χ0n) is 9.41. The summed E-state index contributed by atoms with van der Waals surface area (Å²) in [6.07, 6.45) is 7.89. The number of aryl methyl sites for hydroxylation is 1. The third kappa shape index (κ3) is 3.41. The Morgan fingerprint density at radius 2 is 2.29 bits per heavy atom. The molecule has 0 saturated heterocycles. The summed E-state index contributed by atoms with van der Waals surface area (Å²) in [5.74, 6) is -0.128. The summed E-state index contributed by atoms with van der Waals surface area (Å²) in [5.41, 5.74) is 0.454. The minimum Gasteiger partial charge on any atom is -0.351 e. The lowest BCUT2D eigenvalue weighted by Gasteiger charge is -2.04. The first-order valence-corrected chi connectivity index (χ1v) is 5.51. The molecule has 0 aliphatic carbocycles. The third-order valence-corrected chi connectivity index (χ3v) is 2.34. The molecular weight excluding hydrogens is 216 g/mol. The molecule has 0 bridgehead atoms. The van der Waals surface area contributed by atoms with Crippen molar-refractivity contribution in [2.75, 3.05) is 6.54 Å². The van der Waals surface area contributed by atoms with Gasteiger partial charge in [0.25, 0.3) is 5.91 Å². The number of nitrogens with zero attached hydrogens (tertiary/aromatic N) is 3. The lowest BCUT2D eigenvalue weighted by molar-refractivity contribution is 0.0948. The lowest BCUT2D eigenvalue weighted by Crippen LogP contribution is -2.25. The molecule has 1 N–H and O–H groups in total. The van der Waals surface area contributed by atoms with Crippen molar-refractivity contribution in [3.63, 3.8) is 0 Å². The van der Waals surface area contributed by atoms with Crippen LogP contribution in [0.1, 0.15) is 16.9 Å². The number of carbonyl (C=O) groups excluding carboxylic acids is 1. The smallest absolute Gasteiger partial charge is 0.269 e. The Bertz CT molecular complexity index is 453. The van der Waals surface area contributed by atoms with E-state index < -0.39 is 0 Å². The molecule has 0 atom stereocenters. The molecule has 2 aromatic rings. The predicted octanol–water partition coefficient (Wildman–Crippen LogP) is 1.10. The minimum atomic E-state index is -0.128. The second-order valence-corrected chi connectivity index (χ2v) is 3.62. The highest BCUT2D eigenvalue weighted by molar-refractivity contribution is 5.92. The number of hydrogen-bond donors (Lipinski definition) is 1. The summed E-state index contributed by atoms with van der Waals surface area (Å²) in [4.78, 5) is 19.5. The molecule has 88 valence electrons. The van der Waals surface area contributed by atoms with Gasteiger partial charge >= 0.3 is 0 Å². The molecule has 2 aromatic heterocycles. The van der Waals surface area contributed by atoms with E-state index in [1.165, 1.54) is 0 Å². The van der Waals surface area contributed by atoms with Crippen LogP contribution in [0, 0.1) is 0 Å². The molecule has 1 amide bonds. The van der Waals surface area contributed by atoms with E-state index in [-0.39, 0.29) is 5.91 Å². The predicted molar refractivity (Wildman–Crippen MR) is 63.4 cm³/mol. The molecule has 2 rings (SSSR count). The number of nitrogens with one attached hydrogen (secondary N) is 1. The Kier molecular flexibility index (Phi) is 3.85. The van der Waals surface area contributed by atoms with Crippen molar-refractivity contribution in [3.05, 3.63) is 48.8 Å². The summed E-state index contributed by atoms with van der Waals surface area (Å²) in [6.45, 7) is 1.48. The first-order chi connectivity index (χ1) is 8.36. The van der Waals surface area contributed by atoms with E-state index in [9.17, 15) is 4.79 Å². The normalized spacial score (nSPS) is 10.1. The molecule has 0 aliphatic rings. The quantitative estimate of drug-likeness (QED) is 0.782. The van der Waals surface area contributed by atoms with Gasteiger partial charge in [0, 0.05) is 31.7 Å². The van der Waals surface area contributed by atoms with Crippen molar-refractivity contribution in [2.24, 2.45) is 0 Å². The third-order valence-electron chi connectivity index (χ3n) is 2.34. The van der Waals surface area contributed by atoms with E-state index in [1.807, 2.05) is 10.8 Å². The van der Waals surface area contributed by atoms with E-state index in [0.717, 1.165) is 13.0 Å². The summed E-state index contributed by atoms with van der Waals surface area (Å²) in [6, 6.07) is 5.29. The minimum absolute atomic E-state index is 0.128. The van der Waals surface area contributed by atoms with Gasteiger partial charge in [-0.15, -0.1) is 0 Å². The Balaban J connectivity index is 1.70. The van der Waals surface area contributed by atoms with Gasteiger partial charge in [-0.1, -0.05) is 6.07 Å². The number of carbonyl (C=O) groups is 1. The summed E-state index contributed by atoms with van der Waals surface area (Å²) in [7, 11) is 0. The fourth-order valence-electron chi connectivity index (χ4n) is 1.47. The van der Waals surface area contributed by atoms with Crippen molar-refractivity contribution >= 4 is 5.91 Å². The highest BCUT2D eigenvalue weighted by Crippen LogP contribution is 1.93. The number of hydrogen-bond acceptors (Lipinski definition) is 3. The van der Waals surface area contributed by atoms with Gasteiger partial charge in [0.15, 0.2) is 0 Å². The van der Waals surface area contributed by atoms with Crippen LogP contribution < -0.4 is 5.32 Å². The van der Waals surface area contributed by atoms with Crippen molar-refractivity contribution in [3.8, 4) is 0 Å². The van der Waals surface area contributed by atoms with Gasteiger partial charge in [0.2, 0.25) is 0 Å². The molecule has 0 aliphatic heterocycles. The van der Waals surface area contributed by atoms with Crippen LogP contribution in [0.2, 0.25) is 0 Å². The van der Waals surface area contributed by atoms with Crippen LogP contribution in [0.15, 0.2) is 43.1 Å². The van der Waals surface area contributed by atoms with E-state index in [1.54, 1.807) is 36.9 Å². The van der Waals surface area contributed by atoms with Gasteiger partial charge in [-0.25, -0.2) is 4.98 Å². The maximum Gasteiger partial charge on any atom is 0.269 e. The molecule has 5 nitrogen and oxygen atoms in total. The molecule has 0 unspecified atom stereocenters. The molecule has 0 radical (unpaired) electrons. The summed E-state index contributed by atoms with van der Waals surface area (Å²) in [5, 5.41) is 2.83. The van der Waals surface area contributed by atoms with Crippen LogP contribution in [0.3, 0.4) is 0 Å². The highest BCUT2D eigenvalue weighted by Gasteiger charge is 2.04. The van der Waals surface area contributed by atoms with Crippen LogP contribution in [0.4, 0.5) is 0 Å². The van der Waals surface area contributed by atoms with E-state index >= 15 is 0 Å². The number of amides is 1. The Morgan fingerprint density at radius 1 is 1.35 bits per heavy atom. The maximum absolute atomic E-state index is 11.6. The molecule has 2 heterocycles. The zero-order chi connectivity index (χ0) is 11.9. The number of rotatable bonds is 5. The fourth-order valence-corrected chi connectivity index (χ4v) is 1.47. The summed E-state index contributed by atoms with van der Waals surface area (Å²) >= 11 is 0. The van der Waals surface area contributed by atoms with Crippen molar-refractivity contribution < 1.29 is 4.79 Å². The van der Waals surface area contributed by atoms with E-state index in [2.05, 4.69) is 15.3 Å². The first kappa shape index (κ1) is 11.3. The Hall–Kier alpha value is -2.17. The molecule has 0 saturated carbocycles. The van der Waals surface area contributed by atoms with Gasteiger partial charge in [-0.3, -0.25) is 9.78 Å². The number of pyridine rings is 1. The molecule has 0 spiro atoms. The van der Waals surface area contributed by atoms with Crippen molar-refractivity contribution in [2.45, 2.75) is 13.0 Å². The Morgan fingerprint density at radius 3 is 3.00 bits per heavy atom. The van der Waals surface area contributed by atoms with Crippen LogP contribution in [-0.4, -0.2) is 27.0 Å². The van der Waals surface area contributed by atoms with Gasteiger partial charge < -0.3 is 9.88 Å². The average Bonchev–Trinajstić information content (AvgIpc) is 2.88. The van der Waals surface area contributed by atoms with Gasteiger partial charge in [-0.2, -0.15) is 0 Å². The van der Waals surface area contributed by atoms with Crippen LogP contribution >= 0.6 is 0 Å². The van der Waals surface area contributed by atoms with E-state index in [0.29, 0.717) is 12.2 Å². The molecule has 0 aromatic carbocycles. The molecule has 0 fully saturated rings. The largest absolute Gasteiger partial charge is 0.351 e.